The quantitative estimate of drug-likeness (QED) is 0.385. The van der Waals surface area contributed by atoms with Crippen LogP contribution in [0.4, 0.5) is 11.4 Å². The molecular formula is C28H20ClN3O3. The highest BCUT2D eigenvalue weighted by Crippen LogP contribution is 2.45. The van der Waals surface area contributed by atoms with Crippen molar-refractivity contribution in [2.45, 2.75) is 11.8 Å². The van der Waals surface area contributed by atoms with Crippen LogP contribution < -0.4 is 10.2 Å². The van der Waals surface area contributed by atoms with Crippen LogP contribution in [-0.2, 0) is 9.59 Å². The van der Waals surface area contributed by atoms with Gasteiger partial charge in [-0.15, -0.1) is 0 Å². The lowest BCUT2D eigenvalue weighted by atomic mass is 9.83. The van der Waals surface area contributed by atoms with Crippen LogP contribution >= 0.6 is 11.6 Å². The summed E-state index contributed by atoms with van der Waals surface area (Å²) in [6.07, 6.45) is 1.53. The number of imide groups is 1. The lowest BCUT2D eigenvalue weighted by Gasteiger charge is -2.17. The number of anilines is 2. The van der Waals surface area contributed by atoms with Crippen LogP contribution in [0.15, 0.2) is 103 Å². The Morgan fingerprint density at radius 3 is 1.86 bits per heavy atom. The summed E-state index contributed by atoms with van der Waals surface area (Å²) in [4.78, 5) is 45.0. The van der Waals surface area contributed by atoms with E-state index >= 15 is 0 Å². The second kappa shape index (κ2) is 9.52. The highest BCUT2D eigenvalue weighted by molar-refractivity contribution is 6.37. The van der Waals surface area contributed by atoms with Crippen LogP contribution in [0.3, 0.4) is 0 Å². The fourth-order valence-corrected chi connectivity index (χ4v) is 4.62. The lowest BCUT2D eigenvalue weighted by Crippen LogP contribution is -2.31. The summed E-state index contributed by atoms with van der Waals surface area (Å²) in [6, 6.07) is 28.3. The van der Waals surface area contributed by atoms with Gasteiger partial charge in [0.1, 0.15) is 5.69 Å². The average molecular weight is 482 g/mol. The number of halogens is 1. The summed E-state index contributed by atoms with van der Waals surface area (Å²) < 4.78 is 0. The van der Waals surface area contributed by atoms with Gasteiger partial charge in [-0.25, -0.2) is 4.90 Å². The van der Waals surface area contributed by atoms with E-state index in [1.54, 1.807) is 30.3 Å². The molecule has 2 atom stereocenters. The van der Waals surface area contributed by atoms with Crippen molar-refractivity contribution in [3.8, 4) is 0 Å². The topological polar surface area (TPSA) is 79.4 Å². The maximum Gasteiger partial charge on any atom is 0.274 e. The first-order valence-corrected chi connectivity index (χ1v) is 11.4. The van der Waals surface area contributed by atoms with E-state index < -0.39 is 17.7 Å². The predicted octanol–water partition coefficient (Wildman–Crippen LogP) is 5.43. The Kier molecular flexibility index (Phi) is 6.12. The summed E-state index contributed by atoms with van der Waals surface area (Å²) in [6.45, 7) is 0. The molecule has 1 fully saturated rings. The molecule has 1 aromatic heterocycles. The van der Waals surface area contributed by atoms with E-state index in [9.17, 15) is 14.4 Å². The highest BCUT2D eigenvalue weighted by Gasteiger charge is 2.50. The number of amides is 3. The van der Waals surface area contributed by atoms with Gasteiger partial charge in [-0.3, -0.25) is 19.4 Å². The van der Waals surface area contributed by atoms with E-state index in [1.807, 2.05) is 60.7 Å². The SMILES string of the molecule is O=C(Nc1ccc(N2C(=O)[C@H](c3ccccc3)[C@H](c3ccccc3)C2=O)c(Cl)c1)c1ccccn1. The summed E-state index contributed by atoms with van der Waals surface area (Å²) in [5, 5.41) is 2.91. The van der Waals surface area contributed by atoms with Crippen molar-refractivity contribution in [2.24, 2.45) is 0 Å². The van der Waals surface area contributed by atoms with Crippen LogP contribution in [0, 0.1) is 0 Å². The number of nitrogens with zero attached hydrogens (tertiary/aromatic N) is 2. The van der Waals surface area contributed by atoms with Gasteiger partial charge in [-0.05, 0) is 41.5 Å². The third-order valence-electron chi connectivity index (χ3n) is 5.97. The van der Waals surface area contributed by atoms with Crippen molar-refractivity contribution in [2.75, 3.05) is 10.2 Å². The number of carbonyl (C=O) groups excluding carboxylic acids is 3. The second-order valence-electron chi connectivity index (χ2n) is 8.12. The van der Waals surface area contributed by atoms with Gasteiger partial charge in [-0.2, -0.15) is 0 Å². The zero-order chi connectivity index (χ0) is 24.4. The fourth-order valence-electron chi connectivity index (χ4n) is 4.36. The molecule has 6 nitrogen and oxygen atoms in total. The Balaban J connectivity index is 1.49. The molecule has 0 aliphatic carbocycles. The Morgan fingerprint density at radius 2 is 1.34 bits per heavy atom. The molecule has 5 rings (SSSR count). The van der Waals surface area contributed by atoms with E-state index in [-0.39, 0.29) is 28.2 Å². The molecule has 0 saturated carbocycles. The van der Waals surface area contributed by atoms with Gasteiger partial charge in [0.2, 0.25) is 11.8 Å². The molecule has 2 heterocycles. The monoisotopic (exact) mass is 481 g/mol. The number of benzene rings is 3. The molecule has 0 spiro atoms. The van der Waals surface area contributed by atoms with Crippen LogP contribution in [0.1, 0.15) is 33.5 Å². The van der Waals surface area contributed by atoms with Crippen molar-refractivity contribution in [1.29, 1.82) is 0 Å². The van der Waals surface area contributed by atoms with Gasteiger partial charge < -0.3 is 5.32 Å². The first-order chi connectivity index (χ1) is 17.0. The van der Waals surface area contributed by atoms with Crippen LogP contribution in [-0.4, -0.2) is 22.7 Å². The Morgan fingerprint density at radius 1 is 0.771 bits per heavy atom. The predicted molar refractivity (Wildman–Crippen MR) is 135 cm³/mol. The Hall–Kier alpha value is -4.29. The number of nitrogens with one attached hydrogen (secondary N) is 1. The molecule has 7 heteroatoms. The average Bonchev–Trinajstić information content (AvgIpc) is 3.15. The number of rotatable bonds is 5. The van der Waals surface area contributed by atoms with Crippen LogP contribution in [0.25, 0.3) is 0 Å². The summed E-state index contributed by atoms with van der Waals surface area (Å²) in [5.74, 6) is -2.43. The molecule has 1 aliphatic heterocycles. The molecule has 35 heavy (non-hydrogen) atoms. The van der Waals surface area contributed by atoms with E-state index in [0.29, 0.717) is 5.69 Å². The smallest absolute Gasteiger partial charge is 0.274 e. The normalized spacial score (nSPS) is 17.5. The highest BCUT2D eigenvalue weighted by atomic mass is 35.5. The Bertz CT molecular complexity index is 1340. The summed E-state index contributed by atoms with van der Waals surface area (Å²) in [7, 11) is 0. The van der Waals surface area contributed by atoms with E-state index in [1.165, 1.54) is 12.3 Å². The van der Waals surface area contributed by atoms with E-state index in [2.05, 4.69) is 10.3 Å². The molecule has 1 N–H and O–H groups in total. The Labute approximate surface area is 207 Å². The van der Waals surface area contributed by atoms with Crippen molar-refractivity contribution in [3.05, 3.63) is 125 Å². The van der Waals surface area contributed by atoms with Crippen LogP contribution in [0.2, 0.25) is 5.02 Å². The first-order valence-electron chi connectivity index (χ1n) is 11.0. The molecule has 0 unspecified atom stereocenters. The zero-order valence-corrected chi connectivity index (χ0v) is 19.2. The molecule has 3 amide bonds. The maximum absolute atomic E-state index is 13.7. The second-order valence-corrected chi connectivity index (χ2v) is 8.53. The number of hydrogen-bond donors (Lipinski definition) is 1. The molecule has 1 saturated heterocycles. The number of pyridine rings is 1. The minimum absolute atomic E-state index is 0.172. The zero-order valence-electron chi connectivity index (χ0n) is 18.5. The number of hydrogen-bond acceptors (Lipinski definition) is 4. The summed E-state index contributed by atoms with van der Waals surface area (Å²) >= 11 is 6.54. The van der Waals surface area contributed by atoms with Gasteiger partial charge in [0.05, 0.1) is 22.5 Å². The van der Waals surface area contributed by atoms with Gasteiger partial charge in [-0.1, -0.05) is 78.3 Å². The van der Waals surface area contributed by atoms with E-state index in [4.69, 9.17) is 11.6 Å². The third kappa shape index (κ3) is 4.32. The van der Waals surface area contributed by atoms with Gasteiger partial charge in [0, 0.05) is 11.9 Å². The van der Waals surface area contributed by atoms with Crippen LogP contribution in [0.5, 0.6) is 0 Å². The van der Waals surface area contributed by atoms with Crippen molar-refractivity contribution >= 4 is 40.7 Å². The fraction of sp³-hybridized carbons (Fsp3) is 0.0714. The molecule has 3 aromatic carbocycles. The maximum atomic E-state index is 13.7. The van der Waals surface area contributed by atoms with Gasteiger partial charge in [0.15, 0.2) is 0 Å². The first kappa shape index (κ1) is 22.5. The molecule has 172 valence electrons. The molecule has 4 aromatic rings. The number of carbonyl (C=O) groups is 3. The van der Waals surface area contributed by atoms with Gasteiger partial charge in [0.25, 0.3) is 5.91 Å². The minimum atomic E-state index is -0.675. The number of aromatic nitrogens is 1. The summed E-state index contributed by atoms with van der Waals surface area (Å²) in [5.41, 5.74) is 2.48. The third-order valence-corrected chi connectivity index (χ3v) is 6.27. The molecule has 1 aliphatic rings. The van der Waals surface area contributed by atoms with Crippen molar-refractivity contribution in [1.82, 2.24) is 4.98 Å². The van der Waals surface area contributed by atoms with Crippen molar-refractivity contribution in [3.63, 3.8) is 0 Å². The van der Waals surface area contributed by atoms with Gasteiger partial charge >= 0.3 is 0 Å². The van der Waals surface area contributed by atoms with E-state index in [0.717, 1.165) is 16.0 Å². The lowest BCUT2D eigenvalue weighted by molar-refractivity contribution is -0.121. The van der Waals surface area contributed by atoms with Crippen molar-refractivity contribution < 1.29 is 14.4 Å². The minimum Gasteiger partial charge on any atom is -0.321 e. The molecule has 0 bridgehead atoms. The largest absolute Gasteiger partial charge is 0.321 e. The standard InChI is InChI=1S/C28H20ClN3O3/c29-21-17-20(31-26(33)22-13-7-8-16-30-22)14-15-23(21)32-27(34)24(18-9-3-1-4-10-18)25(28(32)35)19-11-5-2-6-12-19/h1-17,24-25H,(H,31,33)/t24-,25+. The molecular weight excluding hydrogens is 462 g/mol. The molecule has 0 radical (unpaired) electrons.